The Kier molecular flexibility index (Phi) is 5.10. The van der Waals surface area contributed by atoms with Crippen LogP contribution in [0, 0.1) is 0 Å². The molecule has 1 N–H and O–H groups in total. The van der Waals surface area contributed by atoms with Crippen LogP contribution in [0.4, 0.5) is 0 Å². The summed E-state index contributed by atoms with van der Waals surface area (Å²) in [5.74, 6) is -0.305. The molecule has 0 aromatic carbocycles. The maximum atomic E-state index is 12.2. The van der Waals surface area contributed by atoms with Crippen LogP contribution < -0.4 is 5.56 Å². The van der Waals surface area contributed by atoms with Crippen LogP contribution in [-0.2, 0) is 9.53 Å². The number of aromatic amines is 1. The number of carbonyl (C=O) groups is 2. The molecule has 1 aliphatic rings. The first-order valence-electron chi connectivity index (χ1n) is 6.87. The van der Waals surface area contributed by atoms with Crippen molar-refractivity contribution in [2.75, 3.05) is 39.8 Å². The van der Waals surface area contributed by atoms with Crippen LogP contribution >= 0.6 is 0 Å². The van der Waals surface area contributed by atoms with E-state index in [1.165, 1.54) is 25.4 Å². The van der Waals surface area contributed by atoms with E-state index >= 15 is 0 Å². The van der Waals surface area contributed by atoms with Crippen molar-refractivity contribution in [1.82, 2.24) is 14.8 Å². The van der Waals surface area contributed by atoms with Crippen molar-refractivity contribution in [3.05, 3.63) is 34.2 Å². The molecule has 1 aromatic heterocycles. The molecule has 0 unspecified atom stereocenters. The average Bonchev–Trinajstić information content (AvgIpc) is 2.53. The third kappa shape index (κ3) is 4.16. The first-order chi connectivity index (χ1) is 10.1. The van der Waals surface area contributed by atoms with E-state index in [4.69, 9.17) is 0 Å². The highest BCUT2D eigenvalue weighted by Crippen LogP contribution is 2.07. The maximum absolute atomic E-state index is 12.2. The van der Waals surface area contributed by atoms with Gasteiger partial charge in [0.05, 0.1) is 19.1 Å². The summed E-state index contributed by atoms with van der Waals surface area (Å²) in [6.45, 7) is 3.32. The van der Waals surface area contributed by atoms with Crippen molar-refractivity contribution in [2.45, 2.75) is 6.42 Å². The van der Waals surface area contributed by atoms with Gasteiger partial charge in [0.15, 0.2) is 0 Å². The molecule has 1 fully saturated rings. The second-order valence-electron chi connectivity index (χ2n) is 4.90. The summed E-state index contributed by atoms with van der Waals surface area (Å²) in [5.41, 5.74) is 0.261. The van der Waals surface area contributed by atoms with Crippen LogP contribution in [0.5, 0.6) is 0 Å². The fourth-order valence-corrected chi connectivity index (χ4v) is 2.25. The van der Waals surface area contributed by atoms with Gasteiger partial charge < -0.3 is 14.6 Å². The molecule has 1 aromatic rings. The molecule has 114 valence electrons. The van der Waals surface area contributed by atoms with E-state index in [0.29, 0.717) is 31.6 Å². The van der Waals surface area contributed by atoms with Gasteiger partial charge in [-0.15, -0.1) is 0 Å². The lowest BCUT2D eigenvalue weighted by Gasteiger charge is -2.34. The first kappa shape index (κ1) is 15.2. The molecule has 21 heavy (non-hydrogen) atoms. The normalized spacial score (nSPS) is 15.8. The van der Waals surface area contributed by atoms with Crippen molar-refractivity contribution < 1.29 is 14.3 Å². The van der Waals surface area contributed by atoms with Gasteiger partial charge in [-0.3, -0.25) is 19.3 Å². The Labute approximate surface area is 122 Å². The molecule has 0 radical (unpaired) electrons. The Morgan fingerprint density at radius 2 is 1.95 bits per heavy atom. The summed E-state index contributed by atoms with van der Waals surface area (Å²) in [6.07, 6.45) is 1.80. The topological polar surface area (TPSA) is 82.7 Å². The minimum Gasteiger partial charge on any atom is -0.469 e. The molecular weight excluding hydrogens is 274 g/mol. The van der Waals surface area contributed by atoms with Gasteiger partial charge in [0.2, 0.25) is 5.56 Å². The zero-order chi connectivity index (χ0) is 15.2. The van der Waals surface area contributed by atoms with Crippen molar-refractivity contribution in [3.8, 4) is 0 Å². The molecular formula is C14H19N3O4. The van der Waals surface area contributed by atoms with E-state index in [1.54, 1.807) is 4.90 Å². The third-order valence-electron chi connectivity index (χ3n) is 3.55. The quantitative estimate of drug-likeness (QED) is 0.770. The molecule has 1 aliphatic heterocycles. The van der Waals surface area contributed by atoms with Gasteiger partial charge in [-0.2, -0.15) is 0 Å². The average molecular weight is 293 g/mol. The fourth-order valence-electron chi connectivity index (χ4n) is 2.25. The summed E-state index contributed by atoms with van der Waals surface area (Å²) in [4.78, 5) is 40.7. The number of ether oxygens (including phenoxy) is 1. The molecule has 7 heteroatoms. The number of carbonyl (C=O) groups excluding carboxylic acids is 2. The standard InChI is InChI=1S/C14H19N3O4/c1-21-13(19)4-5-16-6-8-17(9-7-16)14(20)11-2-3-12(18)15-10-11/h2-3,10H,4-9H2,1H3,(H,15,18). The Bertz CT molecular complexity index is 541. The van der Waals surface area contributed by atoms with Gasteiger partial charge in [0.25, 0.3) is 5.91 Å². The lowest BCUT2D eigenvalue weighted by atomic mass is 10.2. The molecule has 0 spiro atoms. The van der Waals surface area contributed by atoms with Gasteiger partial charge in [0, 0.05) is 45.0 Å². The van der Waals surface area contributed by atoms with Gasteiger partial charge in [-0.25, -0.2) is 0 Å². The lowest BCUT2D eigenvalue weighted by molar-refractivity contribution is -0.141. The highest BCUT2D eigenvalue weighted by molar-refractivity contribution is 5.93. The molecule has 1 saturated heterocycles. The number of rotatable bonds is 4. The molecule has 0 saturated carbocycles. The lowest BCUT2D eigenvalue weighted by Crippen LogP contribution is -2.49. The van der Waals surface area contributed by atoms with Crippen LogP contribution in [0.3, 0.4) is 0 Å². The van der Waals surface area contributed by atoms with Crippen LogP contribution in [0.1, 0.15) is 16.8 Å². The van der Waals surface area contributed by atoms with E-state index in [9.17, 15) is 14.4 Å². The van der Waals surface area contributed by atoms with Crippen LogP contribution in [0.2, 0.25) is 0 Å². The third-order valence-corrected chi connectivity index (χ3v) is 3.55. The number of esters is 1. The monoisotopic (exact) mass is 293 g/mol. The minimum absolute atomic E-state index is 0.0844. The van der Waals surface area contributed by atoms with Crippen LogP contribution in [-0.4, -0.2) is 66.5 Å². The van der Waals surface area contributed by atoms with Crippen molar-refractivity contribution >= 4 is 11.9 Å². The maximum Gasteiger partial charge on any atom is 0.306 e. The number of nitrogens with one attached hydrogen (secondary N) is 1. The zero-order valence-electron chi connectivity index (χ0n) is 12.0. The van der Waals surface area contributed by atoms with E-state index in [0.717, 1.165) is 13.1 Å². The van der Waals surface area contributed by atoms with Crippen molar-refractivity contribution in [1.29, 1.82) is 0 Å². The molecule has 0 atom stereocenters. The van der Waals surface area contributed by atoms with Gasteiger partial charge in [0.1, 0.15) is 0 Å². The molecule has 0 bridgehead atoms. The van der Waals surface area contributed by atoms with Gasteiger partial charge in [-0.1, -0.05) is 0 Å². The van der Waals surface area contributed by atoms with Crippen LogP contribution in [0.25, 0.3) is 0 Å². The first-order valence-corrected chi connectivity index (χ1v) is 6.87. The number of hydrogen-bond donors (Lipinski definition) is 1. The molecule has 7 nitrogen and oxygen atoms in total. The van der Waals surface area contributed by atoms with Crippen molar-refractivity contribution in [3.63, 3.8) is 0 Å². The Morgan fingerprint density at radius 1 is 1.24 bits per heavy atom. The predicted octanol–water partition coefficient (Wildman–Crippen LogP) is -0.304. The van der Waals surface area contributed by atoms with Crippen molar-refractivity contribution in [2.24, 2.45) is 0 Å². The Morgan fingerprint density at radius 3 is 2.52 bits per heavy atom. The van der Waals surface area contributed by atoms with E-state index in [-0.39, 0.29) is 17.4 Å². The number of nitrogens with zero attached hydrogens (tertiary/aromatic N) is 2. The smallest absolute Gasteiger partial charge is 0.306 e. The summed E-state index contributed by atoms with van der Waals surface area (Å²) in [7, 11) is 1.38. The second-order valence-corrected chi connectivity index (χ2v) is 4.90. The summed E-state index contributed by atoms with van der Waals surface area (Å²) in [5, 5.41) is 0. The number of pyridine rings is 1. The Hall–Kier alpha value is -2.15. The summed E-state index contributed by atoms with van der Waals surface area (Å²) in [6, 6.07) is 2.88. The highest BCUT2D eigenvalue weighted by Gasteiger charge is 2.22. The number of aromatic nitrogens is 1. The number of hydrogen-bond acceptors (Lipinski definition) is 5. The Balaban J connectivity index is 1.83. The number of piperazine rings is 1. The van der Waals surface area contributed by atoms with E-state index in [1.807, 2.05) is 0 Å². The zero-order valence-corrected chi connectivity index (χ0v) is 12.0. The largest absolute Gasteiger partial charge is 0.469 e. The SMILES string of the molecule is COC(=O)CCN1CCN(C(=O)c2ccc(=O)[nH]c2)CC1. The summed E-state index contributed by atoms with van der Waals surface area (Å²) >= 11 is 0. The van der Waals surface area contributed by atoms with Crippen LogP contribution in [0.15, 0.2) is 23.1 Å². The predicted molar refractivity (Wildman–Crippen MR) is 76.0 cm³/mol. The molecule has 1 amide bonds. The van der Waals surface area contributed by atoms with Gasteiger partial charge >= 0.3 is 5.97 Å². The number of methoxy groups -OCH3 is 1. The number of H-pyrrole nitrogens is 1. The van der Waals surface area contributed by atoms with E-state index < -0.39 is 0 Å². The van der Waals surface area contributed by atoms with E-state index in [2.05, 4.69) is 14.6 Å². The minimum atomic E-state index is -0.223. The summed E-state index contributed by atoms with van der Waals surface area (Å²) < 4.78 is 4.61. The van der Waals surface area contributed by atoms with Gasteiger partial charge in [-0.05, 0) is 6.07 Å². The molecule has 2 heterocycles. The highest BCUT2D eigenvalue weighted by atomic mass is 16.5. The molecule has 0 aliphatic carbocycles. The number of amides is 1. The second kappa shape index (κ2) is 7.03. The fraction of sp³-hybridized carbons (Fsp3) is 0.500. The molecule has 2 rings (SSSR count).